The molecule has 1 fully saturated rings. The van der Waals surface area contributed by atoms with Gasteiger partial charge in [0.2, 0.25) is 5.91 Å². The molecular formula is C28H24N4O4. The summed E-state index contributed by atoms with van der Waals surface area (Å²) in [6.45, 7) is 2.63. The topological polar surface area (TPSA) is 112 Å². The highest BCUT2D eigenvalue weighted by molar-refractivity contribution is 6.22. The molecule has 3 aromatic carbocycles. The number of hydrogen-bond donors (Lipinski definition) is 2. The van der Waals surface area contributed by atoms with Crippen molar-refractivity contribution in [2.45, 2.75) is 19.8 Å². The predicted octanol–water partition coefficient (Wildman–Crippen LogP) is 5.93. The fraction of sp³-hybridized carbons (Fsp3) is 0.143. The number of H-pyrrole nitrogens is 1. The number of amides is 1. The second kappa shape index (κ2) is 9.50. The number of aromatic amines is 1. The van der Waals surface area contributed by atoms with Crippen molar-refractivity contribution < 1.29 is 14.8 Å². The van der Waals surface area contributed by atoms with E-state index in [1.54, 1.807) is 6.07 Å². The SMILES string of the molecule is C/C=C(\c1ccc(N=C(c2ccccc2)c2c(O)[nH]c3ccc([N+](=O)[O-])cc23)cc1)N1CCCC1=O. The van der Waals surface area contributed by atoms with Crippen LogP contribution in [-0.4, -0.2) is 38.1 Å². The zero-order valence-corrected chi connectivity index (χ0v) is 19.6. The quantitative estimate of drug-likeness (QED) is 0.202. The number of nitro groups is 1. The van der Waals surface area contributed by atoms with Crippen LogP contribution in [0.15, 0.2) is 83.9 Å². The number of aromatic nitrogens is 1. The van der Waals surface area contributed by atoms with Gasteiger partial charge in [-0.05, 0) is 37.1 Å². The van der Waals surface area contributed by atoms with E-state index in [1.165, 1.54) is 12.1 Å². The van der Waals surface area contributed by atoms with Gasteiger partial charge in [0.1, 0.15) is 0 Å². The molecule has 8 heteroatoms. The van der Waals surface area contributed by atoms with Crippen LogP contribution in [0.5, 0.6) is 5.88 Å². The van der Waals surface area contributed by atoms with Gasteiger partial charge in [-0.1, -0.05) is 48.5 Å². The Kier molecular flexibility index (Phi) is 6.08. The largest absolute Gasteiger partial charge is 0.494 e. The Hall–Kier alpha value is -4.72. The summed E-state index contributed by atoms with van der Waals surface area (Å²) >= 11 is 0. The van der Waals surface area contributed by atoms with Crippen molar-refractivity contribution in [1.29, 1.82) is 0 Å². The molecule has 1 aliphatic heterocycles. The molecular weight excluding hydrogens is 456 g/mol. The maximum absolute atomic E-state index is 12.2. The Morgan fingerprint density at radius 2 is 1.83 bits per heavy atom. The number of carbonyl (C=O) groups excluding carboxylic acids is 1. The maximum atomic E-state index is 12.2. The highest BCUT2D eigenvalue weighted by Crippen LogP contribution is 2.34. The molecule has 1 aliphatic rings. The van der Waals surface area contributed by atoms with Gasteiger partial charge in [0, 0.05) is 47.3 Å². The monoisotopic (exact) mass is 480 g/mol. The van der Waals surface area contributed by atoms with Crippen LogP contribution >= 0.6 is 0 Å². The molecule has 5 rings (SSSR count). The third-order valence-corrected chi connectivity index (χ3v) is 6.30. The smallest absolute Gasteiger partial charge is 0.270 e. The van der Waals surface area contributed by atoms with E-state index < -0.39 is 4.92 Å². The summed E-state index contributed by atoms with van der Waals surface area (Å²) in [6.07, 6.45) is 3.35. The number of likely N-dealkylation sites (tertiary alicyclic amines) is 1. The van der Waals surface area contributed by atoms with E-state index >= 15 is 0 Å². The minimum Gasteiger partial charge on any atom is -0.494 e. The van der Waals surface area contributed by atoms with E-state index in [1.807, 2.05) is 72.5 Å². The molecule has 2 N–H and O–H groups in total. The first-order chi connectivity index (χ1) is 17.5. The zero-order valence-electron chi connectivity index (χ0n) is 19.6. The number of fused-ring (bicyclic) bond motifs is 1. The summed E-state index contributed by atoms with van der Waals surface area (Å²) < 4.78 is 0. The number of hydrogen-bond acceptors (Lipinski definition) is 5. The lowest BCUT2D eigenvalue weighted by Crippen LogP contribution is -2.22. The molecule has 2 heterocycles. The fourth-order valence-corrected chi connectivity index (χ4v) is 4.60. The lowest BCUT2D eigenvalue weighted by atomic mass is 10.0. The summed E-state index contributed by atoms with van der Waals surface area (Å²) in [4.78, 5) is 32.8. The van der Waals surface area contributed by atoms with Gasteiger partial charge in [0.25, 0.3) is 5.69 Å². The Morgan fingerprint density at radius 3 is 2.47 bits per heavy atom. The average molecular weight is 481 g/mol. The van der Waals surface area contributed by atoms with Crippen molar-refractivity contribution in [3.63, 3.8) is 0 Å². The lowest BCUT2D eigenvalue weighted by Gasteiger charge is -2.20. The summed E-state index contributed by atoms with van der Waals surface area (Å²) in [5.41, 5.74) is 4.54. The average Bonchev–Trinajstić information content (AvgIpc) is 3.46. The van der Waals surface area contributed by atoms with Gasteiger partial charge in [-0.3, -0.25) is 14.9 Å². The summed E-state index contributed by atoms with van der Waals surface area (Å²) in [5, 5.41) is 22.7. The number of nitrogens with zero attached hydrogens (tertiary/aromatic N) is 3. The van der Waals surface area contributed by atoms with Crippen molar-refractivity contribution in [3.05, 3.63) is 106 Å². The van der Waals surface area contributed by atoms with Gasteiger partial charge in [-0.2, -0.15) is 0 Å². The number of benzene rings is 3. The van der Waals surface area contributed by atoms with Crippen molar-refractivity contribution in [3.8, 4) is 5.88 Å². The van der Waals surface area contributed by atoms with Crippen LogP contribution in [0.3, 0.4) is 0 Å². The lowest BCUT2D eigenvalue weighted by molar-refractivity contribution is -0.384. The Morgan fingerprint density at radius 1 is 1.08 bits per heavy atom. The van der Waals surface area contributed by atoms with Crippen LogP contribution < -0.4 is 0 Å². The predicted molar refractivity (Wildman–Crippen MR) is 139 cm³/mol. The molecule has 4 aromatic rings. The second-order valence-corrected chi connectivity index (χ2v) is 8.53. The molecule has 0 radical (unpaired) electrons. The van der Waals surface area contributed by atoms with Gasteiger partial charge >= 0.3 is 0 Å². The second-order valence-electron chi connectivity index (χ2n) is 8.53. The first-order valence-corrected chi connectivity index (χ1v) is 11.7. The number of nitrogens with one attached hydrogen (secondary N) is 1. The van der Waals surface area contributed by atoms with Gasteiger partial charge < -0.3 is 15.0 Å². The Labute approximate surface area is 207 Å². The number of nitro benzene ring substituents is 1. The Bertz CT molecular complexity index is 1520. The summed E-state index contributed by atoms with van der Waals surface area (Å²) in [7, 11) is 0. The molecule has 0 bridgehead atoms. The third kappa shape index (κ3) is 4.24. The van der Waals surface area contributed by atoms with Crippen molar-refractivity contribution >= 4 is 39.6 Å². The molecule has 180 valence electrons. The molecule has 0 saturated carbocycles. The maximum Gasteiger partial charge on any atom is 0.270 e. The molecule has 0 aliphatic carbocycles. The third-order valence-electron chi connectivity index (χ3n) is 6.30. The zero-order chi connectivity index (χ0) is 25.2. The van der Waals surface area contributed by atoms with E-state index in [4.69, 9.17) is 4.99 Å². The molecule has 1 aromatic heterocycles. The number of carbonyl (C=O) groups is 1. The van der Waals surface area contributed by atoms with Crippen LogP contribution in [0.1, 0.15) is 36.5 Å². The molecule has 1 saturated heterocycles. The molecule has 1 amide bonds. The first-order valence-electron chi connectivity index (χ1n) is 11.7. The highest BCUT2D eigenvalue weighted by Gasteiger charge is 2.24. The van der Waals surface area contributed by atoms with Gasteiger partial charge in [0.05, 0.1) is 21.9 Å². The van der Waals surface area contributed by atoms with Crippen LogP contribution in [0.25, 0.3) is 16.6 Å². The number of rotatable bonds is 6. The minimum atomic E-state index is -0.463. The van der Waals surface area contributed by atoms with E-state index in [9.17, 15) is 20.0 Å². The fourth-order valence-electron chi connectivity index (χ4n) is 4.60. The van der Waals surface area contributed by atoms with E-state index in [0.29, 0.717) is 40.8 Å². The molecule has 36 heavy (non-hydrogen) atoms. The van der Waals surface area contributed by atoms with Crippen molar-refractivity contribution in [2.24, 2.45) is 4.99 Å². The number of aliphatic imine (C=N–C) groups is 1. The van der Waals surface area contributed by atoms with Crippen molar-refractivity contribution in [1.82, 2.24) is 9.88 Å². The van der Waals surface area contributed by atoms with Crippen LogP contribution in [0.4, 0.5) is 11.4 Å². The van der Waals surface area contributed by atoms with Crippen LogP contribution in [-0.2, 0) is 4.79 Å². The number of aromatic hydroxyl groups is 1. The molecule has 0 spiro atoms. The highest BCUT2D eigenvalue weighted by atomic mass is 16.6. The van der Waals surface area contributed by atoms with Gasteiger partial charge in [-0.15, -0.1) is 0 Å². The molecule has 0 atom stereocenters. The first kappa shape index (κ1) is 23.0. The van der Waals surface area contributed by atoms with Crippen LogP contribution in [0, 0.1) is 10.1 Å². The number of allylic oxidation sites excluding steroid dienone is 1. The van der Waals surface area contributed by atoms with Crippen molar-refractivity contribution in [2.75, 3.05) is 6.54 Å². The molecule has 0 unspecified atom stereocenters. The van der Waals surface area contributed by atoms with E-state index in [-0.39, 0.29) is 17.5 Å². The standard InChI is InChI=1S/C28H24N4O4/c1-2-24(31-16-6-9-25(31)33)18-10-12-20(13-11-18)29-27(19-7-4-3-5-8-19)26-22-17-21(32(35)36)14-15-23(22)30-28(26)34/h2-5,7-8,10-15,17,30,34H,6,9,16H2,1H3/b24-2+,29-27?. The molecule has 8 nitrogen and oxygen atoms in total. The van der Waals surface area contributed by atoms with Gasteiger partial charge in [0.15, 0.2) is 5.88 Å². The summed E-state index contributed by atoms with van der Waals surface area (Å²) in [5.74, 6) is 0.00827. The summed E-state index contributed by atoms with van der Waals surface area (Å²) in [6, 6.07) is 21.3. The van der Waals surface area contributed by atoms with Crippen LogP contribution in [0.2, 0.25) is 0 Å². The normalized spacial score (nSPS) is 14.6. The Balaban J connectivity index is 1.61. The van der Waals surface area contributed by atoms with E-state index in [2.05, 4.69) is 4.98 Å². The minimum absolute atomic E-state index is 0.0742. The van der Waals surface area contributed by atoms with Gasteiger partial charge in [-0.25, -0.2) is 4.99 Å². The number of non-ortho nitro benzene ring substituents is 1. The van der Waals surface area contributed by atoms with E-state index in [0.717, 1.165) is 23.2 Å².